The Balaban J connectivity index is 1.94. The number of fused-ring (bicyclic) bond motifs is 2. The number of carbonyl (C=O) groups excluding carboxylic acids is 2. The maximum Gasteiger partial charge on any atom is 0.268 e. The minimum Gasteiger partial charge on any atom is -0.493 e. The largest absolute Gasteiger partial charge is 0.493 e. The number of ether oxygens (including phenoxy) is 1. The third-order valence-electron chi connectivity index (χ3n) is 5.46. The second kappa shape index (κ2) is 10.8. The molecule has 2 amide bonds. The van der Waals surface area contributed by atoms with Crippen LogP contribution in [0.4, 0.5) is 0 Å². The van der Waals surface area contributed by atoms with Crippen molar-refractivity contribution in [2.24, 2.45) is 0 Å². The van der Waals surface area contributed by atoms with Crippen LogP contribution in [0.5, 0.6) is 5.75 Å². The van der Waals surface area contributed by atoms with Crippen molar-refractivity contribution in [1.29, 1.82) is 0 Å². The molecule has 1 atom stereocenters. The molecule has 6 heteroatoms. The Kier molecular flexibility index (Phi) is 7.85. The molecule has 30 heavy (non-hydrogen) atoms. The fourth-order valence-electron chi connectivity index (χ4n) is 3.70. The molecule has 2 aromatic carbocycles. The Bertz CT molecular complexity index is 868. The average Bonchev–Trinajstić information content (AvgIpc) is 2.78. The number of hydrogen-bond acceptors (Lipinski definition) is 4. The Hall–Kier alpha value is -2.86. The van der Waals surface area contributed by atoms with E-state index in [0.717, 1.165) is 42.7 Å². The molecule has 0 radical (unpaired) electrons. The van der Waals surface area contributed by atoms with E-state index in [1.165, 1.54) is 12.7 Å². The van der Waals surface area contributed by atoms with Crippen molar-refractivity contribution in [3.05, 3.63) is 65.2 Å². The van der Waals surface area contributed by atoms with E-state index in [0.29, 0.717) is 24.3 Å². The molecular weight excluding hydrogens is 380 g/mol. The van der Waals surface area contributed by atoms with Crippen LogP contribution in [0.3, 0.4) is 0 Å². The van der Waals surface area contributed by atoms with Gasteiger partial charge < -0.3 is 10.1 Å². The number of aryl methyl sites for hydroxylation is 1. The lowest BCUT2D eigenvalue weighted by Crippen LogP contribution is -2.48. The highest BCUT2D eigenvalue weighted by Crippen LogP contribution is 2.21. The lowest BCUT2D eigenvalue weighted by Gasteiger charge is -2.24. The number of nitrogens with zero attached hydrogens (tertiary/aromatic N) is 1. The van der Waals surface area contributed by atoms with Gasteiger partial charge in [-0.05, 0) is 42.5 Å². The van der Waals surface area contributed by atoms with E-state index >= 15 is 0 Å². The van der Waals surface area contributed by atoms with Crippen LogP contribution in [0.15, 0.2) is 48.5 Å². The number of likely N-dealkylation sites (N-methyl/N-ethyl adjacent to an activating group) is 1. The maximum atomic E-state index is 13.1. The summed E-state index contributed by atoms with van der Waals surface area (Å²) in [6, 6.07) is 14.5. The van der Waals surface area contributed by atoms with Crippen molar-refractivity contribution in [2.45, 2.75) is 44.6 Å². The van der Waals surface area contributed by atoms with Crippen LogP contribution in [0.1, 0.15) is 47.2 Å². The molecule has 1 aliphatic rings. The summed E-state index contributed by atoms with van der Waals surface area (Å²) in [7, 11) is 2.98. The molecule has 1 aliphatic heterocycles. The molecule has 0 saturated heterocycles. The summed E-state index contributed by atoms with van der Waals surface area (Å²) in [4.78, 5) is 31.1. The summed E-state index contributed by atoms with van der Waals surface area (Å²) in [5, 5.41) is 4.07. The van der Waals surface area contributed by atoms with Gasteiger partial charge in [-0.1, -0.05) is 49.2 Å². The summed E-state index contributed by atoms with van der Waals surface area (Å²) in [5.74, 6) is -0.0965. The quantitative estimate of drug-likeness (QED) is 0.769. The summed E-state index contributed by atoms with van der Waals surface area (Å²) in [6.07, 6.45) is 5.57. The molecule has 1 N–H and O–H groups in total. The Morgan fingerprint density at radius 2 is 1.73 bits per heavy atom. The second-order valence-electron chi connectivity index (χ2n) is 7.53. The van der Waals surface area contributed by atoms with Crippen LogP contribution in [-0.2, 0) is 22.5 Å². The Morgan fingerprint density at radius 1 is 1.03 bits per heavy atom. The zero-order valence-electron chi connectivity index (χ0n) is 17.7. The zero-order valence-corrected chi connectivity index (χ0v) is 17.7. The molecule has 3 rings (SSSR count). The summed E-state index contributed by atoms with van der Waals surface area (Å²) >= 11 is 0. The van der Waals surface area contributed by atoms with Gasteiger partial charge in [0.2, 0.25) is 0 Å². The molecule has 0 fully saturated rings. The van der Waals surface area contributed by atoms with Crippen LogP contribution in [0, 0.1) is 0 Å². The smallest absolute Gasteiger partial charge is 0.268 e. The lowest BCUT2D eigenvalue weighted by atomic mass is 9.95. The highest BCUT2D eigenvalue weighted by Gasteiger charge is 2.27. The third-order valence-corrected chi connectivity index (χ3v) is 5.46. The van der Waals surface area contributed by atoms with Crippen molar-refractivity contribution >= 4 is 11.8 Å². The maximum absolute atomic E-state index is 13.1. The van der Waals surface area contributed by atoms with Gasteiger partial charge in [-0.2, -0.15) is 0 Å². The predicted octanol–water partition coefficient (Wildman–Crippen LogP) is 3.54. The van der Waals surface area contributed by atoms with Crippen molar-refractivity contribution < 1.29 is 19.2 Å². The van der Waals surface area contributed by atoms with Crippen LogP contribution >= 0.6 is 0 Å². The molecule has 0 spiro atoms. The third kappa shape index (κ3) is 5.60. The molecule has 2 aromatic rings. The van der Waals surface area contributed by atoms with Gasteiger partial charge in [0.25, 0.3) is 11.8 Å². The number of para-hydroxylation sites is 1. The van der Waals surface area contributed by atoms with E-state index < -0.39 is 6.04 Å². The molecule has 0 saturated carbocycles. The number of hydrogen-bond donors (Lipinski definition) is 1. The summed E-state index contributed by atoms with van der Waals surface area (Å²) in [5.41, 5.74) is 2.72. The van der Waals surface area contributed by atoms with Gasteiger partial charge in [0.1, 0.15) is 11.8 Å². The van der Waals surface area contributed by atoms with E-state index in [1.807, 2.05) is 24.3 Å². The number of rotatable bonds is 2. The monoisotopic (exact) mass is 410 g/mol. The van der Waals surface area contributed by atoms with Gasteiger partial charge in [0.15, 0.2) is 0 Å². The SMILES string of the molecule is CON(C)C(=O)[C@@H]1Cc2ccccc2CCCCCCOc2ccccc2C(=O)N1. The van der Waals surface area contributed by atoms with Gasteiger partial charge >= 0.3 is 0 Å². The summed E-state index contributed by atoms with van der Waals surface area (Å²) in [6.45, 7) is 0.565. The van der Waals surface area contributed by atoms with E-state index in [9.17, 15) is 9.59 Å². The molecule has 160 valence electrons. The summed E-state index contributed by atoms with van der Waals surface area (Å²) < 4.78 is 5.88. The minimum absolute atomic E-state index is 0.302. The van der Waals surface area contributed by atoms with E-state index in [2.05, 4.69) is 11.4 Å². The number of hydroxylamine groups is 2. The Labute approximate surface area is 178 Å². The first-order valence-corrected chi connectivity index (χ1v) is 10.5. The van der Waals surface area contributed by atoms with Crippen molar-refractivity contribution in [1.82, 2.24) is 10.4 Å². The second-order valence-corrected chi connectivity index (χ2v) is 7.53. The molecule has 6 nitrogen and oxygen atoms in total. The molecule has 0 bridgehead atoms. The molecule has 0 unspecified atom stereocenters. The fraction of sp³-hybridized carbons (Fsp3) is 0.417. The van der Waals surface area contributed by atoms with E-state index in [4.69, 9.17) is 9.57 Å². The molecule has 0 aromatic heterocycles. The number of nitrogens with one attached hydrogen (secondary N) is 1. The molecule has 0 aliphatic carbocycles. The first-order chi connectivity index (χ1) is 14.6. The van der Waals surface area contributed by atoms with E-state index in [-0.39, 0.29) is 11.8 Å². The standard InChI is InChI=1S/C24H30N2O4/c1-26(29-2)24(28)21-17-19-13-7-6-12-18(19)11-5-3-4-10-16-30-22-15-9-8-14-20(22)23(27)25-21/h6-9,12-15,21H,3-5,10-11,16-17H2,1-2H3,(H,25,27)/t21-/m0/s1. The van der Waals surface area contributed by atoms with Gasteiger partial charge in [-0.3, -0.25) is 14.4 Å². The van der Waals surface area contributed by atoms with Crippen molar-refractivity contribution in [2.75, 3.05) is 20.8 Å². The number of benzene rings is 2. The van der Waals surface area contributed by atoms with Gasteiger partial charge in [0, 0.05) is 13.5 Å². The van der Waals surface area contributed by atoms with Crippen molar-refractivity contribution in [3.63, 3.8) is 0 Å². The fourth-order valence-corrected chi connectivity index (χ4v) is 3.70. The van der Waals surface area contributed by atoms with E-state index in [1.54, 1.807) is 25.2 Å². The topological polar surface area (TPSA) is 67.9 Å². The highest BCUT2D eigenvalue weighted by atomic mass is 16.7. The zero-order chi connectivity index (χ0) is 21.3. The van der Waals surface area contributed by atoms with Crippen LogP contribution in [0.2, 0.25) is 0 Å². The van der Waals surface area contributed by atoms with Gasteiger partial charge in [0.05, 0.1) is 19.3 Å². The normalized spacial score (nSPS) is 17.9. The predicted molar refractivity (Wildman–Crippen MR) is 115 cm³/mol. The van der Waals surface area contributed by atoms with Gasteiger partial charge in [-0.25, -0.2) is 5.06 Å². The average molecular weight is 411 g/mol. The van der Waals surface area contributed by atoms with Crippen LogP contribution in [0.25, 0.3) is 0 Å². The highest BCUT2D eigenvalue weighted by molar-refractivity contribution is 5.99. The molecular formula is C24H30N2O4. The number of carbonyl (C=O) groups is 2. The molecule has 1 heterocycles. The van der Waals surface area contributed by atoms with Crippen LogP contribution < -0.4 is 10.1 Å². The minimum atomic E-state index is -0.748. The van der Waals surface area contributed by atoms with Crippen LogP contribution in [-0.4, -0.2) is 43.7 Å². The Morgan fingerprint density at radius 3 is 2.53 bits per heavy atom. The number of amides is 2. The van der Waals surface area contributed by atoms with Crippen molar-refractivity contribution in [3.8, 4) is 5.75 Å². The first-order valence-electron chi connectivity index (χ1n) is 10.5. The van der Waals surface area contributed by atoms with Gasteiger partial charge in [-0.15, -0.1) is 0 Å². The first kappa shape index (κ1) is 21.8. The lowest BCUT2D eigenvalue weighted by molar-refractivity contribution is -0.170.